The first-order valence-corrected chi connectivity index (χ1v) is 8.43. The van der Waals surface area contributed by atoms with Crippen molar-refractivity contribution >= 4 is 23.4 Å². The first-order valence-electron chi connectivity index (χ1n) is 7.07. The van der Waals surface area contributed by atoms with Gasteiger partial charge in [0.25, 0.3) is 0 Å². The number of aromatic nitrogens is 2. The molecule has 0 unspecified atom stereocenters. The van der Waals surface area contributed by atoms with E-state index in [1.165, 1.54) is 0 Å². The number of halogens is 1. The molecular weight excluding hydrogens is 306 g/mol. The Morgan fingerprint density at radius 1 is 1.33 bits per heavy atom. The van der Waals surface area contributed by atoms with Gasteiger partial charge in [0.2, 0.25) is 5.89 Å². The van der Waals surface area contributed by atoms with E-state index in [-0.39, 0.29) is 0 Å². The summed E-state index contributed by atoms with van der Waals surface area (Å²) in [4.78, 5) is 5.44. The molecule has 0 bridgehead atoms. The van der Waals surface area contributed by atoms with Crippen molar-refractivity contribution < 1.29 is 4.52 Å². The van der Waals surface area contributed by atoms with Crippen LogP contribution in [0.5, 0.6) is 0 Å². The molecule has 1 aromatic carbocycles. The fraction of sp³-hybridized carbons (Fsp3) is 0.467. The van der Waals surface area contributed by atoms with Crippen molar-refractivity contribution in [2.24, 2.45) is 0 Å². The van der Waals surface area contributed by atoms with E-state index in [0.29, 0.717) is 23.5 Å². The first kappa shape index (κ1) is 16.3. The summed E-state index contributed by atoms with van der Waals surface area (Å²) in [7, 11) is 0. The Morgan fingerprint density at radius 3 is 2.90 bits per heavy atom. The number of hydrogen-bond donors (Lipinski definition) is 1. The van der Waals surface area contributed by atoms with Crippen molar-refractivity contribution in [3.05, 3.63) is 41.0 Å². The molecular formula is C15H20ClN3OS. The van der Waals surface area contributed by atoms with Gasteiger partial charge in [-0.15, -0.1) is 11.8 Å². The Balaban J connectivity index is 1.77. The van der Waals surface area contributed by atoms with Gasteiger partial charge in [0.05, 0.1) is 10.8 Å². The third-order valence-electron chi connectivity index (χ3n) is 2.82. The molecule has 0 atom stereocenters. The second-order valence-corrected chi connectivity index (χ2v) is 6.46. The lowest BCUT2D eigenvalue weighted by Gasteiger charge is -2.05. The van der Waals surface area contributed by atoms with Gasteiger partial charge in [-0.05, 0) is 25.1 Å². The van der Waals surface area contributed by atoms with Crippen LogP contribution in [0, 0.1) is 0 Å². The second-order valence-electron chi connectivity index (χ2n) is 5.04. The number of hydrogen-bond acceptors (Lipinski definition) is 5. The van der Waals surface area contributed by atoms with Gasteiger partial charge in [0.15, 0.2) is 5.82 Å². The van der Waals surface area contributed by atoms with Crippen molar-refractivity contribution in [1.82, 2.24) is 15.5 Å². The quantitative estimate of drug-likeness (QED) is 0.588. The molecule has 0 spiro atoms. The third-order valence-corrected chi connectivity index (χ3v) is 4.33. The van der Waals surface area contributed by atoms with Crippen molar-refractivity contribution in [2.75, 3.05) is 6.54 Å². The first-order chi connectivity index (χ1) is 10.1. The van der Waals surface area contributed by atoms with Crippen LogP contribution in [-0.2, 0) is 12.2 Å². The van der Waals surface area contributed by atoms with Crippen LogP contribution in [0.2, 0.25) is 5.02 Å². The van der Waals surface area contributed by atoms with E-state index < -0.39 is 0 Å². The molecule has 1 heterocycles. The number of rotatable bonds is 8. The van der Waals surface area contributed by atoms with E-state index >= 15 is 0 Å². The molecule has 6 heteroatoms. The molecule has 2 aromatic rings. The standard InChI is InChI=1S/C15H20ClN3OS/c1-11(2)17-9-5-8-15-18-14(19-20-15)10-21-13-7-4-3-6-12(13)16/h3-4,6-7,11,17H,5,8-10H2,1-2H3. The Labute approximate surface area is 134 Å². The summed E-state index contributed by atoms with van der Waals surface area (Å²) < 4.78 is 5.26. The molecule has 0 radical (unpaired) electrons. The highest BCUT2D eigenvalue weighted by molar-refractivity contribution is 7.98. The Bertz CT molecular complexity index is 559. The Kier molecular flexibility index (Phi) is 6.54. The highest BCUT2D eigenvalue weighted by Crippen LogP contribution is 2.28. The minimum atomic E-state index is 0.510. The Morgan fingerprint density at radius 2 is 2.14 bits per heavy atom. The lowest BCUT2D eigenvalue weighted by Crippen LogP contribution is -2.23. The molecule has 1 N–H and O–H groups in total. The van der Waals surface area contributed by atoms with Crippen molar-refractivity contribution in [3.8, 4) is 0 Å². The molecule has 0 aliphatic heterocycles. The van der Waals surface area contributed by atoms with Crippen molar-refractivity contribution in [2.45, 2.75) is 43.4 Å². The van der Waals surface area contributed by atoms with E-state index in [9.17, 15) is 0 Å². The number of benzene rings is 1. The predicted molar refractivity (Wildman–Crippen MR) is 86.8 cm³/mol. The fourth-order valence-corrected chi connectivity index (χ4v) is 2.87. The summed E-state index contributed by atoms with van der Waals surface area (Å²) in [5, 5.41) is 8.13. The third kappa shape index (κ3) is 5.69. The highest BCUT2D eigenvalue weighted by atomic mass is 35.5. The molecule has 0 fully saturated rings. The fourth-order valence-electron chi connectivity index (χ4n) is 1.78. The zero-order chi connectivity index (χ0) is 15.1. The largest absolute Gasteiger partial charge is 0.339 e. The summed E-state index contributed by atoms with van der Waals surface area (Å²) in [6.45, 7) is 5.23. The maximum Gasteiger partial charge on any atom is 0.226 e. The van der Waals surface area contributed by atoms with Crippen LogP contribution < -0.4 is 5.32 Å². The number of nitrogens with zero attached hydrogens (tertiary/aromatic N) is 2. The zero-order valence-electron chi connectivity index (χ0n) is 12.3. The normalized spacial score (nSPS) is 11.2. The molecule has 0 saturated carbocycles. The minimum absolute atomic E-state index is 0.510. The van der Waals surface area contributed by atoms with Gasteiger partial charge in [-0.3, -0.25) is 0 Å². The van der Waals surface area contributed by atoms with E-state index in [0.717, 1.165) is 29.3 Å². The monoisotopic (exact) mass is 325 g/mol. The van der Waals surface area contributed by atoms with Gasteiger partial charge in [0, 0.05) is 17.4 Å². The van der Waals surface area contributed by atoms with Gasteiger partial charge in [-0.1, -0.05) is 42.7 Å². The van der Waals surface area contributed by atoms with E-state index in [2.05, 4.69) is 29.3 Å². The van der Waals surface area contributed by atoms with Crippen LogP contribution in [0.15, 0.2) is 33.7 Å². The smallest absolute Gasteiger partial charge is 0.226 e. The highest BCUT2D eigenvalue weighted by Gasteiger charge is 2.08. The minimum Gasteiger partial charge on any atom is -0.339 e. The molecule has 2 rings (SSSR count). The lowest BCUT2D eigenvalue weighted by molar-refractivity contribution is 0.370. The lowest BCUT2D eigenvalue weighted by atomic mass is 10.3. The van der Waals surface area contributed by atoms with Crippen LogP contribution in [0.25, 0.3) is 0 Å². The van der Waals surface area contributed by atoms with E-state index in [4.69, 9.17) is 16.1 Å². The summed E-state index contributed by atoms with van der Waals surface area (Å²) in [5.74, 6) is 2.08. The molecule has 0 saturated heterocycles. The summed E-state index contributed by atoms with van der Waals surface area (Å²) in [5.41, 5.74) is 0. The molecule has 114 valence electrons. The summed E-state index contributed by atoms with van der Waals surface area (Å²) in [6.07, 6.45) is 1.81. The summed E-state index contributed by atoms with van der Waals surface area (Å²) >= 11 is 7.73. The summed E-state index contributed by atoms with van der Waals surface area (Å²) in [6, 6.07) is 8.27. The van der Waals surface area contributed by atoms with E-state index in [1.54, 1.807) is 11.8 Å². The maximum absolute atomic E-state index is 6.11. The topological polar surface area (TPSA) is 51.0 Å². The van der Waals surface area contributed by atoms with Crippen molar-refractivity contribution in [1.29, 1.82) is 0 Å². The Hall–Kier alpha value is -1.04. The molecule has 0 aliphatic carbocycles. The van der Waals surface area contributed by atoms with Gasteiger partial charge in [-0.2, -0.15) is 4.98 Å². The predicted octanol–water partition coefficient (Wildman–Crippen LogP) is 3.95. The van der Waals surface area contributed by atoms with Crippen molar-refractivity contribution in [3.63, 3.8) is 0 Å². The number of aryl methyl sites for hydroxylation is 1. The molecule has 0 amide bonds. The second kappa shape index (κ2) is 8.41. The molecule has 0 aliphatic rings. The zero-order valence-corrected chi connectivity index (χ0v) is 13.9. The average molecular weight is 326 g/mol. The maximum atomic E-state index is 6.11. The average Bonchev–Trinajstić information content (AvgIpc) is 2.90. The van der Waals surface area contributed by atoms with Crippen LogP contribution in [0.4, 0.5) is 0 Å². The van der Waals surface area contributed by atoms with Crippen LogP contribution in [0.3, 0.4) is 0 Å². The van der Waals surface area contributed by atoms with Gasteiger partial charge >= 0.3 is 0 Å². The molecule has 1 aromatic heterocycles. The number of thioether (sulfide) groups is 1. The molecule has 4 nitrogen and oxygen atoms in total. The SMILES string of the molecule is CC(C)NCCCc1nc(CSc2ccccc2Cl)no1. The number of nitrogens with one attached hydrogen (secondary N) is 1. The van der Waals surface area contributed by atoms with Gasteiger partial charge < -0.3 is 9.84 Å². The van der Waals surface area contributed by atoms with Crippen LogP contribution in [0.1, 0.15) is 32.0 Å². The van der Waals surface area contributed by atoms with Crippen LogP contribution >= 0.6 is 23.4 Å². The van der Waals surface area contributed by atoms with Gasteiger partial charge in [0.1, 0.15) is 0 Å². The van der Waals surface area contributed by atoms with Crippen LogP contribution in [-0.4, -0.2) is 22.7 Å². The molecule has 21 heavy (non-hydrogen) atoms. The van der Waals surface area contributed by atoms with E-state index in [1.807, 2.05) is 24.3 Å². The van der Waals surface area contributed by atoms with Gasteiger partial charge in [-0.25, -0.2) is 0 Å².